The molecule has 2 aromatic rings. The van der Waals surface area contributed by atoms with Gasteiger partial charge in [-0.15, -0.1) is 0 Å². The average Bonchev–Trinajstić information content (AvgIpc) is 2.42. The van der Waals surface area contributed by atoms with Gasteiger partial charge >= 0.3 is 0 Å². The number of ether oxygens (including phenoxy) is 1. The molecular formula is C13H7Cl2NO4. The van der Waals surface area contributed by atoms with Crippen molar-refractivity contribution in [2.75, 3.05) is 0 Å². The second-order valence-electron chi connectivity index (χ2n) is 3.78. The smallest absolute Gasteiger partial charge is 0.271 e. The van der Waals surface area contributed by atoms with Gasteiger partial charge in [0.1, 0.15) is 17.8 Å². The maximum Gasteiger partial charge on any atom is 0.271 e. The van der Waals surface area contributed by atoms with Crippen LogP contribution in [0.15, 0.2) is 36.4 Å². The van der Waals surface area contributed by atoms with E-state index in [4.69, 9.17) is 27.9 Å². The number of aldehydes is 1. The number of carbonyl (C=O) groups excluding carboxylic acids is 1. The molecule has 20 heavy (non-hydrogen) atoms. The molecule has 0 amide bonds. The fraction of sp³-hybridized carbons (Fsp3) is 0. The Morgan fingerprint density at radius 2 is 1.65 bits per heavy atom. The number of benzene rings is 2. The van der Waals surface area contributed by atoms with Gasteiger partial charge in [0.15, 0.2) is 0 Å². The third kappa shape index (κ3) is 3.07. The lowest BCUT2D eigenvalue weighted by Gasteiger charge is -2.09. The van der Waals surface area contributed by atoms with E-state index < -0.39 is 4.92 Å². The number of rotatable bonds is 4. The molecule has 2 aromatic carbocycles. The molecule has 5 nitrogen and oxygen atoms in total. The largest absolute Gasteiger partial charge is 0.454 e. The number of nitro benzene ring substituents is 1. The van der Waals surface area contributed by atoms with Crippen molar-refractivity contribution in [3.8, 4) is 11.5 Å². The van der Waals surface area contributed by atoms with Gasteiger partial charge in [0, 0.05) is 17.7 Å². The Labute approximate surface area is 123 Å². The monoisotopic (exact) mass is 311 g/mol. The number of nitro groups is 1. The van der Waals surface area contributed by atoms with E-state index in [1.807, 2.05) is 0 Å². The van der Waals surface area contributed by atoms with Crippen LogP contribution in [0, 0.1) is 10.1 Å². The van der Waals surface area contributed by atoms with Gasteiger partial charge in [-0.1, -0.05) is 23.2 Å². The van der Waals surface area contributed by atoms with Crippen LogP contribution in [-0.4, -0.2) is 11.2 Å². The van der Waals surface area contributed by atoms with Crippen molar-refractivity contribution in [1.29, 1.82) is 0 Å². The van der Waals surface area contributed by atoms with Gasteiger partial charge < -0.3 is 4.74 Å². The molecule has 0 heterocycles. The maximum atomic E-state index is 10.6. The molecule has 0 saturated heterocycles. The third-order valence-corrected chi connectivity index (χ3v) is 3.03. The Morgan fingerprint density at radius 3 is 2.15 bits per heavy atom. The second-order valence-corrected chi connectivity index (χ2v) is 4.60. The summed E-state index contributed by atoms with van der Waals surface area (Å²) in [6.45, 7) is 0. The summed E-state index contributed by atoms with van der Waals surface area (Å²) in [6, 6.07) is 8.34. The molecule has 102 valence electrons. The predicted molar refractivity (Wildman–Crippen MR) is 75.0 cm³/mol. The molecule has 0 aliphatic heterocycles. The normalized spacial score (nSPS) is 10.1. The van der Waals surface area contributed by atoms with Crippen molar-refractivity contribution in [3.63, 3.8) is 0 Å². The second kappa shape index (κ2) is 5.90. The number of non-ortho nitro benzene ring substituents is 1. The Hall–Kier alpha value is -2.11. The van der Waals surface area contributed by atoms with Gasteiger partial charge in [0.05, 0.1) is 15.0 Å². The van der Waals surface area contributed by atoms with Crippen molar-refractivity contribution >= 4 is 35.2 Å². The topological polar surface area (TPSA) is 69.4 Å². The molecule has 0 N–H and O–H groups in total. The molecule has 0 atom stereocenters. The van der Waals surface area contributed by atoms with Crippen molar-refractivity contribution < 1.29 is 14.5 Å². The molecule has 0 radical (unpaired) electrons. The first kappa shape index (κ1) is 14.3. The molecule has 7 heteroatoms. The quantitative estimate of drug-likeness (QED) is 0.473. The van der Waals surface area contributed by atoms with E-state index in [0.29, 0.717) is 17.6 Å². The Kier molecular flexibility index (Phi) is 4.22. The van der Waals surface area contributed by atoms with Gasteiger partial charge in [0.2, 0.25) is 0 Å². The number of carbonyl (C=O) groups is 1. The summed E-state index contributed by atoms with van der Waals surface area (Å²) >= 11 is 11.9. The van der Waals surface area contributed by atoms with Gasteiger partial charge in [0.25, 0.3) is 5.69 Å². The maximum absolute atomic E-state index is 10.6. The van der Waals surface area contributed by atoms with Crippen LogP contribution in [0.3, 0.4) is 0 Å². The SMILES string of the molecule is O=Cc1ccc(Oc2ccc([N+](=O)[O-])cc2Cl)c(Cl)c1. The van der Waals surface area contributed by atoms with Crippen molar-refractivity contribution in [3.05, 3.63) is 62.1 Å². The van der Waals surface area contributed by atoms with Crippen LogP contribution in [0.25, 0.3) is 0 Å². The highest BCUT2D eigenvalue weighted by atomic mass is 35.5. The van der Waals surface area contributed by atoms with Crippen molar-refractivity contribution in [2.24, 2.45) is 0 Å². The van der Waals surface area contributed by atoms with E-state index in [2.05, 4.69) is 0 Å². The minimum atomic E-state index is -0.554. The van der Waals surface area contributed by atoms with Gasteiger partial charge in [-0.05, 0) is 24.3 Å². The minimum absolute atomic E-state index is 0.0923. The fourth-order valence-corrected chi connectivity index (χ4v) is 1.92. The molecule has 2 rings (SSSR count). The lowest BCUT2D eigenvalue weighted by molar-refractivity contribution is -0.384. The number of hydrogen-bond donors (Lipinski definition) is 0. The summed E-state index contributed by atoms with van der Waals surface area (Å²) in [5, 5.41) is 10.9. The summed E-state index contributed by atoms with van der Waals surface area (Å²) in [6.07, 6.45) is 0.661. The highest BCUT2D eigenvalue weighted by Crippen LogP contribution is 2.35. The zero-order chi connectivity index (χ0) is 14.7. The molecule has 0 fully saturated rings. The molecule has 0 aromatic heterocycles. The van der Waals surface area contributed by atoms with Crippen molar-refractivity contribution in [1.82, 2.24) is 0 Å². The van der Waals surface area contributed by atoms with Crippen LogP contribution < -0.4 is 4.74 Å². The first-order valence-electron chi connectivity index (χ1n) is 5.38. The predicted octanol–water partition coefficient (Wildman–Crippen LogP) is 4.51. The van der Waals surface area contributed by atoms with Crippen LogP contribution >= 0.6 is 23.2 Å². The van der Waals surface area contributed by atoms with Crippen LogP contribution in [-0.2, 0) is 0 Å². The number of hydrogen-bond acceptors (Lipinski definition) is 4. The summed E-state index contributed by atoms with van der Waals surface area (Å²) in [7, 11) is 0. The zero-order valence-electron chi connectivity index (χ0n) is 9.88. The molecule has 0 bridgehead atoms. The van der Waals surface area contributed by atoms with E-state index in [9.17, 15) is 14.9 Å². The highest BCUT2D eigenvalue weighted by Gasteiger charge is 2.12. The molecule has 0 aliphatic rings. The Balaban J connectivity index is 2.30. The standard InChI is InChI=1S/C13H7Cl2NO4/c14-10-5-8(7-17)1-3-12(10)20-13-4-2-9(16(18)19)6-11(13)15/h1-7H. The van der Waals surface area contributed by atoms with E-state index in [0.717, 1.165) is 0 Å². The molecule has 0 spiro atoms. The first-order valence-corrected chi connectivity index (χ1v) is 6.13. The molecule has 0 saturated carbocycles. The number of nitrogens with zero attached hydrogens (tertiary/aromatic N) is 1. The molecule has 0 unspecified atom stereocenters. The van der Waals surface area contributed by atoms with Crippen LogP contribution in [0.1, 0.15) is 10.4 Å². The van der Waals surface area contributed by atoms with E-state index in [-0.39, 0.29) is 21.5 Å². The lowest BCUT2D eigenvalue weighted by Crippen LogP contribution is -1.91. The van der Waals surface area contributed by atoms with Crippen LogP contribution in [0.4, 0.5) is 5.69 Å². The van der Waals surface area contributed by atoms with Crippen molar-refractivity contribution in [2.45, 2.75) is 0 Å². The van der Waals surface area contributed by atoms with Gasteiger partial charge in [-0.3, -0.25) is 14.9 Å². The minimum Gasteiger partial charge on any atom is -0.454 e. The van der Waals surface area contributed by atoms with E-state index in [1.54, 1.807) is 0 Å². The van der Waals surface area contributed by atoms with Crippen LogP contribution in [0.2, 0.25) is 10.0 Å². The van der Waals surface area contributed by atoms with Crippen LogP contribution in [0.5, 0.6) is 11.5 Å². The van der Waals surface area contributed by atoms with E-state index in [1.165, 1.54) is 36.4 Å². The van der Waals surface area contributed by atoms with Gasteiger partial charge in [-0.25, -0.2) is 0 Å². The molecule has 0 aliphatic carbocycles. The Bertz CT molecular complexity index is 688. The summed E-state index contributed by atoms with van der Waals surface area (Å²) in [5.41, 5.74) is 0.280. The highest BCUT2D eigenvalue weighted by molar-refractivity contribution is 6.33. The fourth-order valence-electron chi connectivity index (χ4n) is 1.48. The summed E-state index contributed by atoms with van der Waals surface area (Å²) in [4.78, 5) is 20.6. The Morgan fingerprint density at radius 1 is 1.05 bits per heavy atom. The zero-order valence-corrected chi connectivity index (χ0v) is 11.4. The lowest BCUT2D eigenvalue weighted by atomic mass is 10.2. The summed E-state index contributed by atoms with van der Waals surface area (Å²) in [5.74, 6) is 0.533. The molecular weight excluding hydrogens is 305 g/mol. The van der Waals surface area contributed by atoms with E-state index >= 15 is 0 Å². The van der Waals surface area contributed by atoms with Gasteiger partial charge in [-0.2, -0.15) is 0 Å². The summed E-state index contributed by atoms with van der Waals surface area (Å²) < 4.78 is 5.47. The third-order valence-electron chi connectivity index (χ3n) is 2.44. The average molecular weight is 312 g/mol. The number of halogens is 2. The first-order chi connectivity index (χ1) is 9.51.